The summed E-state index contributed by atoms with van der Waals surface area (Å²) in [7, 11) is 0. The van der Waals surface area contributed by atoms with Crippen molar-refractivity contribution in [3.63, 3.8) is 0 Å². The lowest BCUT2D eigenvalue weighted by Crippen LogP contribution is -2.37. The molecule has 7 heteroatoms. The van der Waals surface area contributed by atoms with Crippen LogP contribution in [0.15, 0.2) is 71.2 Å². The Morgan fingerprint density at radius 1 is 1.17 bits per heavy atom. The fraction of sp³-hybridized carbons (Fsp3) is 0.182. The van der Waals surface area contributed by atoms with E-state index in [0.29, 0.717) is 29.4 Å². The Kier molecular flexibility index (Phi) is 5.92. The van der Waals surface area contributed by atoms with Crippen LogP contribution in [0, 0.1) is 5.82 Å². The highest BCUT2D eigenvalue weighted by molar-refractivity contribution is 7.12. The minimum absolute atomic E-state index is 0.0706. The first-order valence-corrected chi connectivity index (χ1v) is 10.4. The van der Waals surface area contributed by atoms with Gasteiger partial charge in [0.25, 0.3) is 5.91 Å². The number of nitrogens with zero attached hydrogens (tertiary/aromatic N) is 2. The maximum atomic E-state index is 13.2. The molecule has 148 valence electrons. The zero-order valence-corrected chi connectivity index (χ0v) is 17.0. The average molecular weight is 429 g/mol. The molecule has 2 aromatic carbocycles. The zero-order chi connectivity index (χ0) is 20.2. The molecule has 0 N–H and O–H groups in total. The third-order valence-electron chi connectivity index (χ3n) is 4.67. The minimum Gasteiger partial charge on any atom is -0.390 e. The molecule has 0 saturated carbocycles. The third kappa shape index (κ3) is 4.66. The van der Waals surface area contributed by atoms with Gasteiger partial charge in [-0.25, -0.2) is 4.39 Å². The average Bonchev–Trinajstić information content (AvgIpc) is 3.41. The normalized spacial score (nSPS) is 15.7. The standard InChI is InChI=1S/C22H18ClFN2O2S/c23-19-5-2-1-4-16(19)13-26(22(27)21-6-3-11-29-21)14-18-12-20(25-28-18)15-7-9-17(24)10-8-15/h1-11,18H,12-14H2. The number of halogens is 2. The lowest BCUT2D eigenvalue weighted by atomic mass is 10.0. The van der Waals surface area contributed by atoms with Crippen molar-refractivity contribution in [2.45, 2.75) is 19.1 Å². The Labute approximate surface area is 177 Å². The van der Waals surface area contributed by atoms with Crippen molar-refractivity contribution in [1.82, 2.24) is 4.90 Å². The predicted molar refractivity (Wildman–Crippen MR) is 113 cm³/mol. The van der Waals surface area contributed by atoms with Crippen LogP contribution in [0.1, 0.15) is 27.2 Å². The van der Waals surface area contributed by atoms with Crippen LogP contribution in [0.25, 0.3) is 0 Å². The Morgan fingerprint density at radius 2 is 1.97 bits per heavy atom. The molecule has 1 aliphatic heterocycles. The van der Waals surface area contributed by atoms with Gasteiger partial charge in [-0.2, -0.15) is 0 Å². The molecule has 1 amide bonds. The van der Waals surface area contributed by atoms with Crippen molar-refractivity contribution in [3.05, 3.63) is 92.9 Å². The number of carbonyl (C=O) groups is 1. The first-order valence-electron chi connectivity index (χ1n) is 9.15. The molecule has 1 aromatic heterocycles. The molecule has 0 radical (unpaired) electrons. The summed E-state index contributed by atoms with van der Waals surface area (Å²) in [6.07, 6.45) is 0.268. The van der Waals surface area contributed by atoms with Crippen LogP contribution in [0.5, 0.6) is 0 Å². The van der Waals surface area contributed by atoms with E-state index in [0.717, 1.165) is 16.8 Å². The number of carbonyl (C=O) groups excluding carboxylic acids is 1. The summed E-state index contributed by atoms with van der Waals surface area (Å²) in [4.78, 5) is 21.0. The number of hydrogen-bond donors (Lipinski definition) is 0. The van der Waals surface area contributed by atoms with Crippen molar-refractivity contribution in [2.24, 2.45) is 5.16 Å². The molecule has 0 fully saturated rings. The fourth-order valence-electron chi connectivity index (χ4n) is 3.19. The van der Waals surface area contributed by atoms with Gasteiger partial charge >= 0.3 is 0 Å². The van der Waals surface area contributed by atoms with Gasteiger partial charge < -0.3 is 9.74 Å². The molecule has 2 heterocycles. The molecule has 4 nitrogen and oxygen atoms in total. The number of benzene rings is 2. The lowest BCUT2D eigenvalue weighted by molar-refractivity contribution is 0.0408. The second-order valence-corrected chi connectivity index (χ2v) is 8.09. The number of hydrogen-bond acceptors (Lipinski definition) is 4. The highest BCUT2D eigenvalue weighted by Gasteiger charge is 2.28. The van der Waals surface area contributed by atoms with Gasteiger partial charge in [0.15, 0.2) is 6.10 Å². The van der Waals surface area contributed by atoms with Crippen LogP contribution < -0.4 is 0 Å². The van der Waals surface area contributed by atoms with Gasteiger partial charge in [-0.1, -0.05) is 53.2 Å². The van der Waals surface area contributed by atoms with E-state index in [-0.39, 0.29) is 17.8 Å². The Balaban J connectivity index is 1.49. The van der Waals surface area contributed by atoms with Crippen LogP contribution in [0.3, 0.4) is 0 Å². The van der Waals surface area contributed by atoms with Gasteiger partial charge in [0.2, 0.25) is 0 Å². The highest BCUT2D eigenvalue weighted by atomic mass is 35.5. The maximum Gasteiger partial charge on any atom is 0.264 e. The summed E-state index contributed by atoms with van der Waals surface area (Å²) in [6, 6.07) is 17.3. The minimum atomic E-state index is -0.294. The molecule has 0 aliphatic carbocycles. The van der Waals surface area contributed by atoms with Gasteiger partial charge in [0.05, 0.1) is 17.1 Å². The zero-order valence-electron chi connectivity index (χ0n) is 15.4. The topological polar surface area (TPSA) is 41.9 Å². The van der Waals surface area contributed by atoms with Gasteiger partial charge in [-0.05, 0) is 40.8 Å². The maximum absolute atomic E-state index is 13.2. The smallest absolute Gasteiger partial charge is 0.264 e. The number of thiophene rings is 1. The predicted octanol–water partition coefficient (Wildman–Crippen LogP) is 5.38. The van der Waals surface area contributed by atoms with Gasteiger partial charge in [-0.15, -0.1) is 11.3 Å². The molecular weight excluding hydrogens is 411 g/mol. The van der Waals surface area contributed by atoms with Gasteiger partial charge in [0.1, 0.15) is 5.82 Å². The van der Waals surface area contributed by atoms with E-state index in [4.69, 9.17) is 16.4 Å². The van der Waals surface area contributed by atoms with Gasteiger partial charge in [-0.3, -0.25) is 4.79 Å². The first-order chi connectivity index (χ1) is 14.1. The van der Waals surface area contributed by atoms with E-state index in [1.165, 1.54) is 23.5 Å². The Hall–Kier alpha value is -2.70. The summed E-state index contributed by atoms with van der Waals surface area (Å²) in [5.41, 5.74) is 2.43. The molecule has 0 bridgehead atoms. The number of rotatable bonds is 6. The lowest BCUT2D eigenvalue weighted by Gasteiger charge is -2.25. The summed E-state index contributed by atoms with van der Waals surface area (Å²) >= 11 is 7.71. The van der Waals surface area contributed by atoms with E-state index < -0.39 is 0 Å². The van der Waals surface area contributed by atoms with Gasteiger partial charge in [0, 0.05) is 18.0 Å². The number of amides is 1. The monoisotopic (exact) mass is 428 g/mol. The molecule has 1 unspecified atom stereocenters. The van der Waals surface area contributed by atoms with Crippen molar-refractivity contribution in [1.29, 1.82) is 0 Å². The second kappa shape index (κ2) is 8.76. The van der Waals surface area contributed by atoms with E-state index in [1.807, 2.05) is 41.8 Å². The van der Waals surface area contributed by atoms with E-state index >= 15 is 0 Å². The SMILES string of the molecule is O=C(c1cccs1)N(Cc1ccccc1Cl)CC1CC(c2ccc(F)cc2)=NO1. The van der Waals surface area contributed by atoms with Crippen LogP contribution in [-0.2, 0) is 11.4 Å². The van der Waals surface area contributed by atoms with Crippen molar-refractivity contribution in [3.8, 4) is 0 Å². The van der Waals surface area contributed by atoms with Crippen LogP contribution in [-0.4, -0.2) is 29.2 Å². The molecule has 0 saturated heterocycles. The Bertz CT molecular complexity index is 1020. The summed E-state index contributed by atoms with van der Waals surface area (Å²) in [6.45, 7) is 0.748. The molecule has 4 rings (SSSR count). The fourth-order valence-corrected chi connectivity index (χ4v) is 4.08. The molecular formula is C22H18ClFN2O2S. The van der Waals surface area contributed by atoms with E-state index in [9.17, 15) is 9.18 Å². The van der Waals surface area contributed by atoms with Crippen molar-refractivity contribution in [2.75, 3.05) is 6.54 Å². The molecule has 1 atom stereocenters. The largest absolute Gasteiger partial charge is 0.390 e. The first kappa shape index (κ1) is 19.6. The second-order valence-electron chi connectivity index (χ2n) is 6.73. The molecule has 29 heavy (non-hydrogen) atoms. The molecule has 0 spiro atoms. The van der Waals surface area contributed by atoms with Crippen molar-refractivity contribution >= 4 is 34.6 Å². The highest BCUT2D eigenvalue weighted by Crippen LogP contribution is 2.23. The number of oxime groups is 1. The summed E-state index contributed by atoms with van der Waals surface area (Å²) in [5.74, 6) is -0.365. The summed E-state index contributed by atoms with van der Waals surface area (Å²) < 4.78 is 13.2. The summed E-state index contributed by atoms with van der Waals surface area (Å²) in [5, 5.41) is 6.64. The van der Waals surface area contributed by atoms with Crippen LogP contribution in [0.2, 0.25) is 5.02 Å². The van der Waals surface area contributed by atoms with E-state index in [1.54, 1.807) is 17.0 Å². The van der Waals surface area contributed by atoms with Crippen LogP contribution >= 0.6 is 22.9 Å². The molecule has 3 aromatic rings. The quantitative estimate of drug-likeness (QED) is 0.529. The van der Waals surface area contributed by atoms with Crippen molar-refractivity contribution < 1.29 is 14.0 Å². The molecule has 1 aliphatic rings. The Morgan fingerprint density at radius 3 is 2.69 bits per heavy atom. The van der Waals surface area contributed by atoms with Crippen LogP contribution in [0.4, 0.5) is 4.39 Å². The van der Waals surface area contributed by atoms with E-state index in [2.05, 4.69) is 5.16 Å². The third-order valence-corrected chi connectivity index (χ3v) is 5.90.